The van der Waals surface area contributed by atoms with Gasteiger partial charge in [-0.2, -0.15) is 0 Å². The van der Waals surface area contributed by atoms with Gasteiger partial charge >= 0.3 is 0 Å². The van der Waals surface area contributed by atoms with Gasteiger partial charge in [0.25, 0.3) is 0 Å². The van der Waals surface area contributed by atoms with E-state index in [-0.39, 0.29) is 6.61 Å². The molecule has 0 amide bonds. The number of aliphatic hydroxyl groups is 1. The van der Waals surface area contributed by atoms with Crippen molar-refractivity contribution in [3.8, 4) is 11.4 Å². The Hall–Kier alpha value is -1.32. The van der Waals surface area contributed by atoms with Gasteiger partial charge < -0.3 is 9.67 Å². The predicted molar refractivity (Wildman–Crippen MR) is 59.6 cm³/mol. The summed E-state index contributed by atoms with van der Waals surface area (Å²) < 4.78 is 1.83. The van der Waals surface area contributed by atoms with Crippen LogP contribution in [-0.4, -0.2) is 14.7 Å². The Morgan fingerprint density at radius 3 is 2.73 bits per heavy atom. The second-order valence-corrected chi connectivity index (χ2v) is 3.68. The van der Waals surface area contributed by atoms with E-state index in [0.717, 1.165) is 17.1 Å². The maximum atomic E-state index is 9.05. The summed E-state index contributed by atoms with van der Waals surface area (Å²) >= 11 is 6.07. The third-order valence-electron chi connectivity index (χ3n) is 2.36. The Labute approximate surface area is 93.0 Å². The first-order chi connectivity index (χ1) is 7.24. The van der Waals surface area contributed by atoms with E-state index < -0.39 is 0 Å². The van der Waals surface area contributed by atoms with Crippen molar-refractivity contribution < 1.29 is 5.11 Å². The minimum atomic E-state index is -0.0199. The largest absolute Gasteiger partial charge is 0.390 e. The Bertz CT molecular complexity index is 479. The molecular formula is C11H11ClN2O. The number of benzene rings is 1. The van der Waals surface area contributed by atoms with Crippen LogP contribution in [0.2, 0.25) is 5.02 Å². The summed E-state index contributed by atoms with van der Waals surface area (Å²) in [5.74, 6) is 0.768. The van der Waals surface area contributed by atoms with E-state index in [9.17, 15) is 0 Å². The van der Waals surface area contributed by atoms with Gasteiger partial charge in [-0.25, -0.2) is 4.98 Å². The summed E-state index contributed by atoms with van der Waals surface area (Å²) in [7, 11) is 1.86. The molecule has 0 radical (unpaired) electrons. The fraction of sp³-hybridized carbons (Fsp3) is 0.182. The van der Waals surface area contributed by atoms with E-state index in [1.54, 1.807) is 6.20 Å². The van der Waals surface area contributed by atoms with Crippen LogP contribution in [0.15, 0.2) is 30.5 Å². The zero-order valence-electron chi connectivity index (χ0n) is 8.31. The van der Waals surface area contributed by atoms with Crippen LogP contribution in [0.4, 0.5) is 0 Å². The number of hydrogen-bond donors (Lipinski definition) is 1. The normalized spacial score (nSPS) is 10.6. The molecular weight excluding hydrogens is 212 g/mol. The van der Waals surface area contributed by atoms with Crippen LogP contribution in [0.3, 0.4) is 0 Å². The van der Waals surface area contributed by atoms with Crippen LogP contribution in [0.25, 0.3) is 11.4 Å². The number of hydrogen-bond acceptors (Lipinski definition) is 2. The van der Waals surface area contributed by atoms with Crippen LogP contribution in [0.5, 0.6) is 0 Å². The van der Waals surface area contributed by atoms with E-state index in [2.05, 4.69) is 4.98 Å². The molecule has 0 bridgehead atoms. The van der Waals surface area contributed by atoms with E-state index in [1.807, 2.05) is 35.9 Å². The molecule has 78 valence electrons. The number of aromatic nitrogens is 2. The van der Waals surface area contributed by atoms with Gasteiger partial charge in [-0.05, 0) is 12.1 Å². The van der Waals surface area contributed by atoms with Gasteiger partial charge in [0, 0.05) is 12.6 Å². The molecule has 0 aliphatic rings. The molecule has 1 N–H and O–H groups in total. The van der Waals surface area contributed by atoms with Crippen LogP contribution in [0, 0.1) is 0 Å². The first-order valence-electron chi connectivity index (χ1n) is 4.60. The van der Waals surface area contributed by atoms with Gasteiger partial charge in [0.05, 0.1) is 23.5 Å². The average Bonchev–Trinajstić information content (AvgIpc) is 2.60. The van der Waals surface area contributed by atoms with Gasteiger partial charge in [0.1, 0.15) is 5.82 Å². The molecule has 2 rings (SSSR count). The zero-order chi connectivity index (χ0) is 10.8. The molecule has 4 heteroatoms. The molecule has 0 spiro atoms. The molecule has 1 heterocycles. The topological polar surface area (TPSA) is 38.0 Å². The summed E-state index contributed by atoms with van der Waals surface area (Å²) in [6.07, 6.45) is 1.65. The SMILES string of the molecule is Cn1c(CO)cnc1-c1ccccc1Cl. The lowest BCUT2D eigenvalue weighted by atomic mass is 10.2. The summed E-state index contributed by atoms with van der Waals surface area (Å²) in [4.78, 5) is 4.24. The first-order valence-corrected chi connectivity index (χ1v) is 4.98. The predicted octanol–water partition coefficient (Wildman–Crippen LogP) is 2.23. The first kappa shape index (κ1) is 10.2. The standard InChI is InChI=1S/C11H11ClN2O/c1-14-8(7-15)6-13-11(14)9-4-2-3-5-10(9)12/h2-6,15H,7H2,1H3. The number of nitrogens with zero attached hydrogens (tertiary/aromatic N) is 2. The Balaban J connectivity index is 2.55. The van der Waals surface area contributed by atoms with Crippen LogP contribution >= 0.6 is 11.6 Å². The average molecular weight is 223 g/mol. The van der Waals surface area contributed by atoms with Crippen molar-refractivity contribution in [2.45, 2.75) is 6.61 Å². The highest BCUT2D eigenvalue weighted by Gasteiger charge is 2.10. The molecule has 0 aliphatic heterocycles. The number of aliphatic hydroxyl groups excluding tert-OH is 1. The molecule has 2 aromatic rings. The van der Waals surface area contributed by atoms with Gasteiger partial charge in [0.15, 0.2) is 0 Å². The molecule has 0 aliphatic carbocycles. The smallest absolute Gasteiger partial charge is 0.141 e. The van der Waals surface area contributed by atoms with Crippen molar-refractivity contribution in [1.82, 2.24) is 9.55 Å². The Morgan fingerprint density at radius 1 is 1.40 bits per heavy atom. The van der Waals surface area contributed by atoms with E-state index >= 15 is 0 Å². The summed E-state index contributed by atoms with van der Waals surface area (Å²) in [6, 6.07) is 7.52. The van der Waals surface area contributed by atoms with Gasteiger partial charge in [-0.15, -0.1) is 0 Å². The van der Waals surface area contributed by atoms with Crippen molar-refractivity contribution >= 4 is 11.6 Å². The molecule has 0 atom stereocenters. The van der Waals surface area contributed by atoms with Crippen LogP contribution < -0.4 is 0 Å². The lowest BCUT2D eigenvalue weighted by molar-refractivity contribution is 0.273. The van der Waals surface area contributed by atoms with E-state index in [1.165, 1.54) is 0 Å². The molecule has 15 heavy (non-hydrogen) atoms. The summed E-state index contributed by atoms with van der Waals surface area (Å²) in [6.45, 7) is -0.0199. The molecule has 1 aromatic heterocycles. The van der Waals surface area contributed by atoms with Crippen LogP contribution in [0.1, 0.15) is 5.69 Å². The minimum absolute atomic E-state index is 0.0199. The van der Waals surface area contributed by atoms with Crippen molar-refractivity contribution in [1.29, 1.82) is 0 Å². The van der Waals surface area contributed by atoms with Gasteiger partial charge in [0.2, 0.25) is 0 Å². The lowest BCUT2D eigenvalue weighted by Crippen LogP contribution is -1.98. The highest BCUT2D eigenvalue weighted by molar-refractivity contribution is 6.33. The highest BCUT2D eigenvalue weighted by Crippen LogP contribution is 2.26. The maximum absolute atomic E-state index is 9.05. The number of imidazole rings is 1. The van der Waals surface area contributed by atoms with Crippen molar-refractivity contribution in [2.24, 2.45) is 7.05 Å². The van der Waals surface area contributed by atoms with Gasteiger partial charge in [-0.3, -0.25) is 0 Å². The molecule has 0 unspecified atom stereocenters. The molecule has 0 fully saturated rings. The van der Waals surface area contributed by atoms with E-state index in [0.29, 0.717) is 5.02 Å². The Kier molecular flexibility index (Phi) is 2.75. The van der Waals surface area contributed by atoms with Crippen molar-refractivity contribution in [3.63, 3.8) is 0 Å². The molecule has 3 nitrogen and oxygen atoms in total. The van der Waals surface area contributed by atoms with Crippen LogP contribution in [-0.2, 0) is 13.7 Å². The summed E-state index contributed by atoms with van der Waals surface area (Å²) in [5, 5.41) is 9.72. The highest BCUT2D eigenvalue weighted by atomic mass is 35.5. The fourth-order valence-electron chi connectivity index (χ4n) is 1.48. The lowest BCUT2D eigenvalue weighted by Gasteiger charge is -2.05. The quantitative estimate of drug-likeness (QED) is 0.846. The monoisotopic (exact) mass is 222 g/mol. The fourth-order valence-corrected chi connectivity index (χ4v) is 1.70. The van der Waals surface area contributed by atoms with E-state index in [4.69, 9.17) is 16.7 Å². The van der Waals surface area contributed by atoms with Crippen molar-refractivity contribution in [2.75, 3.05) is 0 Å². The third-order valence-corrected chi connectivity index (χ3v) is 2.69. The molecule has 0 saturated carbocycles. The molecule has 0 saturated heterocycles. The number of rotatable bonds is 2. The molecule has 1 aromatic carbocycles. The zero-order valence-corrected chi connectivity index (χ0v) is 9.07. The van der Waals surface area contributed by atoms with Gasteiger partial charge in [-0.1, -0.05) is 23.7 Å². The summed E-state index contributed by atoms with van der Waals surface area (Å²) in [5.41, 5.74) is 1.64. The Morgan fingerprint density at radius 2 is 2.13 bits per heavy atom. The third kappa shape index (κ3) is 1.76. The minimum Gasteiger partial charge on any atom is -0.390 e. The number of halogens is 1. The second-order valence-electron chi connectivity index (χ2n) is 3.27. The van der Waals surface area contributed by atoms with Crippen molar-refractivity contribution in [3.05, 3.63) is 41.2 Å². The maximum Gasteiger partial charge on any atom is 0.141 e. The second kappa shape index (κ2) is 4.04.